The Morgan fingerprint density at radius 1 is 1.29 bits per heavy atom. The monoisotopic (exact) mass is 384 g/mol. The lowest BCUT2D eigenvalue weighted by molar-refractivity contribution is -0.146. The molecule has 0 bridgehead atoms. The number of aryl methyl sites for hydroxylation is 1. The Bertz CT molecular complexity index is 864. The lowest BCUT2D eigenvalue weighted by Gasteiger charge is -2.38. The van der Waals surface area contributed by atoms with Gasteiger partial charge in [0, 0.05) is 38.7 Å². The highest BCUT2D eigenvalue weighted by Crippen LogP contribution is 2.35. The molecule has 0 radical (unpaired) electrons. The molecule has 2 heterocycles. The number of carbonyl (C=O) groups excluding carboxylic acids is 2. The van der Waals surface area contributed by atoms with E-state index in [9.17, 15) is 19.5 Å². The van der Waals surface area contributed by atoms with Gasteiger partial charge in [0.1, 0.15) is 6.04 Å². The maximum Gasteiger partial charge on any atom is 0.326 e. The van der Waals surface area contributed by atoms with Crippen LogP contribution in [0.2, 0.25) is 0 Å². The Balaban J connectivity index is 1.79. The second-order valence-corrected chi connectivity index (χ2v) is 7.13. The van der Waals surface area contributed by atoms with Crippen LogP contribution < -0.4 is 5.32 Å². The number of nitrogens with one attached hydrogen (secondary N) is 1. The number of piperidine rings is 1. The molecule has 148 valence electrons. The minimum absolute atomic E-state index is 0.0445. The molecule has 2 aromatic rings. The number of aliphatic carboxylic acids is 1. The fourth-order valence-corrected chi connectivity index (χ4v) is 3.69. The van der Waals surface area contributed by atoms with Crippen LogP contribution in [0.25, 0.3) is 0 Å². The van der Waals surface area contributed by atoms with E-state index in [1.165, 1.54) is 0 Å². The van der Waals surface area contributed by atoms with Crippen molar-refractivity contribution in [2.24, 2.45) is 13.0 Å². The molecular formula is C20H24N4O4. The largest absolute Gasteiger partial charge is 0.480 e. The fourth-order valence-electron chi connectivity index (χ4n) is 3.69. The molecule has 3 atom stereocenters. The Morgan fingerprint density at radius 3 is 2.61 bits per heavy atom. The van der Waals surface area contributed by atoms with Gasteiger partial charge in [0.2, 0.25) is 11.8 Å². The van der Waals surface area contributed by atoms with Crippen LogP contribution in [0, 0.1) is 5.92 Å². The van der Waals surface area contributed by atoms with Crippen molar-refractivity contribution >= 4 is 17.8 Å². The van der Waals surface area contributed by atoms with E-state index in [0.717, 1.165) is 11.1 Å². The predicted octanol–water partition coefficient (Wildman–Crippen LogP) is 1.14. The summed E-state index contributed by atoms with van der Waals surface area (Å²) < 4.78 is 1.62. The van der Waals surface area contributed by atoms with E-state index in [4.69, 9.17) is 0 Å². The summed E-state index contributed by atoms with van der Waals surface area (Å²) in [6.07, 6.45) is 4.23. The van der Waals surface area contributed by atoms with Crippen molar-refractivity contribution in [3.05, 3.63) is 53.9 Å². The van der Waals surface area contributed by atoms with Crippen molar-refractivity contribution in [1.29, 1.82) is 0 Å². The lowest BCUT2D eigenvalue weighted by atomic mass is 9.85. The minimum atomic E-state index is -1.09. The Labute approximate surface area is 163 Å². The third-order valence-corrected chi connectivity index (χ3v) is 5.16. The second kappa shape index (κ2) is 8.24. The number of carboxylic acids is 1. The van der Waals surface area contributed by atoms with Crippen LogP contribution >= 0.6 is 0 Å². The van der Waals surface area contributed by atoms with Gasteiger partial charge in [-0.05, 0) is 12.0 Å². The van der Waals surface area contributed by atoms with Gasteiger partial charge in [-0.3, -0.25) is 14.3 Å². The summed E-state index contributed by atoms with van der Waals surface area (Å²) in [4.78, 5) is 38.5. The Hall–Kier alpha value is -3.16. The molecule has 28 heavy (non-hydrogen) atoms. The molecule has 3 rings (SSSR count). The van der Waals surface area contributed by atoms with E-state index in [0.29, 0.717) is 6.42 Å². The predicted molar refractivity (Wildman–Crippen MR) is 101 cm³/mol. The van der Waals surface area contributed by atoms with E-state index < -0.39 is 24.0 Å². The average molecular weight is 384 g/mol. The van der Waals surface area contributed by atoms with Gasteiger partial charge in [0.15, 0.2) is 0 Å². The first-order valence-corrected chi connectivity index (χ1v) is 9.18. The van der Waals surface area contributed by atoms with Crippen LogP contribution in [0.5, 0.6) is 0 Å². The first kappa shape index (κ1) is 19.6. The number of hydrogen-bond acceptors (Lipinski definition) is 4. The third-order valence-electron chi connectivity index (χ3n) is 5.16. The normalized spacial score (nSPS) is 20.6. The molecule has 0 spiro atoms. The van der Waals surface area contributed by atoms with Gasteiger partial charge in [0.05, 0.1) is 18.2 Å². The Kier molecular flexibility index (Phi) is 5.77. The van der Waals surface area contributed by atoms with E-state index in [-0.39, 0.29) is 24.7 Å². The highest BCUT2D eigenvalue weighted by Gasteiger charge is 2.40. The van der Waals surface area contributed by atoms with Crippen LogP contribution in [-0.2, 0) is 27.9 Å². The number of benzene rings is 1. The van der Waals surface area contributed by atoms with Gasteiger partial charge >= 0.3 is 5.97 Å². The van der Waals surface area contributed by atoms with Crippen LogP contribution in [0.15, 0.2) is 42.7 Å². The summed E-state index contributed by atoms with van der Waals surface area (Å²) in [6, 6.07) is 7.66. The van der Waals surface area contributed by atoms with Gasteiger partial charge in [0.25, 0.3) is 0 Å². The van der Waals surface area contributed by atoms with Crippen molar-refractivity contribution in [1.82, 2.24) is 20.0 Å². The molecule has 2 N–H and O–H groups in total. The molecule has 1 aromatic carbocycles. The third kappa shape index (κ3) is 4.21. The van der Waals surface area contributed by atoms with Crippen LogP contribution in [0.3, 0.4) is 0 Å². The minimum Gasteiger partial charge on any atom is -0.480 e. The Morgan fingerprint density at radius 2 is 2.00 bits per heavy atom. The summed E-state index contributed by atoms with van der Waals surface area (Å²) in [5, 5.41) is 16.4. The highest BCUT2D eigenvalue weighted by molar-refractivity contribution is 5.88. The van der Waals surface area contributed by atoms with Crippen molar-refractivity contribution in [3.63, 3.8) is 0 Å². The van der Waals surface area contributed by atoms with Crippen molar-refractivity contribution in [2.45, 2.75) is 31.3 Å². The number of carboxylic acid groups (broad SMARTS) is 1. The van der Waals surface area contributed by atoms with Crippen molar-refractivity contribution < 1.29 is 19.5 Å². The zero-order valence-corrected chi connectivity index (χ0v) is 15.9. The first-order chi connectivity index (χ1) is 13.4. The summed E-state index contributed by atoms with van der Waals surface area (Å²) >= 11 is 0. The molecule has 1 aliphatic rings. The van der Waals surface area contributed by atoms with Crippen LogP contribution in [-0.4, -0.2) is 50.7 Å². The van der Waals surface area contributed by atoms with E-state index in [1.54, 1.807) is 36.1 Å². The standard InChI is InChI=1S/C20H24N4O4/c1-23-12-14(11-21-23)18-15(8-9-17(25)24(18)2)19(26)22-16(20(27)28)10-13-6-4-3-5-7-13/h3-7,11-12,15-16,18H,8-10H2,1-2H3,(H,22,26)(H,27,28). The smallest absolute Gasteiger partial charge is 0.326 e. The number of rotatable bonds is 6. The molecule has 1 aromatic heterocycles. The number of carbonyl (C=O) groups is 3. The van der Waals surface area contributed by atoms with Crippen LogP contribution in [0.4, 0.5) is 0 Å². The maximum absolute atomic E-state index is 13.0. The summed E-state index contributed by atoms with van der Waals surface area (Å²) in [7, 11) is 3.43. The number of aromatic nitrogens is 2. The highest BCUT2D eigenvalue weighted by atomic mass is 16.4. The number of nitrogens with zero attached hydrogens (tertiary/aromatic N) is 3. The van der Waals surface area contributed by atoms with Gasteiger partial charge in [-0.2, -0.15) is 5.10 Å². The number of amides is 2. The molecular weight excluding hydrogens is 360 g/mol. The van der Waals surface area contributed by atoms with Crippen LogP contribution in [0.1, 0.15) is 30.0 Å². The molecule has 8 heteroatoms. The number of hydrogen-bond donors (Lipinski definition) is 2. The summed E-state index contributed by atoms with van der Waals surface area (Å²) in [6.45, 7) is 0. The average Bonchev–Trinajstić information content (AvgIpc) is 3.09. The number of likely N-dealkylation sites (tertiary alicyclic amines) is 1. The van der Waals surface area contributed by atoms with Crippen molar-refractivity contribution in [2.75, 3.05) is 7.05 Å². The summed E-state index contributed by atoms with van der Waals surface area (Å²) in [5.74, 6) is -2.03. The zero-order valence-electron chi connectivity index (χ0n) is 15.9. The molecule has 1 fully saturated rings. The molecule has 8 nitrogen and oxygen atoms in total. The molecule has 0 saturated carbocycles. The molecule has 1 aliphatic heterocycles. The van der Waals surface area contributed by atoms with E-state index >= 15 is 0 Å². The van der Waals surface area contributed by atoms with E-state index in [2.05, 4.69) is 10.4 Å². The first-order valence-electron chi connectivity index (χ1n) is 9.18. The SMILES string of the molecule is CN1C(=O)CCC(C(=O)NC(Cc2ccccc2)C(=O)O)C1c1cnn(C)c1. The van der Waals surface area contributed by atoms with Crippen molar-refractivity contribution in [3.8, 4) is 0 Å². The van der Waals surface area contributed by atoms with E-state index in [1.807, 2.05) is 30.3 Å². The molecule has 1 saturated heterocycles. The van der Waals surface area contributed by atoms with Gasteiger partial charge < -0.3 is 15.3 Å². The quantitative estimate of drug-likeness (QED) is 0.777. The fraction of sp³-hybridized carbons (Fsp3) is 0.400. The summed E-state index contributed by atoms with van der Waals surface area (Å²) in [5.41, 5.74) is 1.59. The van der Waals surface area contributed by atoms with Gasteiger partial charge in [-0.15, -0.1) is 0 Å². The molecule has 2 amide bonds. The van der Waals surface area contributed by atoms with Gasteiger partial charge in [-0.25, -0.2) is 4.79 Å². The topological polar surface area (TPSA) is 105 Å². The maximum atomic E-state index is 13.0. The second-order valence-electron chi connectivity index (χ2n) is 7.13. The molecule has 3 unspecified atom stereocenters. The lowest BCUT2D eigenvalue weighted by Crippen LogP contribution is -2.50. The zero-order chi connectivity index (χ0) is 20.3. The van der Waals surface area contributed by atoms with Gasteiger partial charge in [-0.1, -0.05) is 30.3 Å². The molecule has 0 aliphatic carbocycles.